The largest absolute Gasteiger partial charge is 0.305 e. The molecule has 0 aliphatic rings. The van der Waals surface area contributed by atoms with E-state index in [1.807, 2.05) is 39.0 Å². The topological polar surface area (TPSA) is 51.2 Å². The van der Waals surface area contributed by atoms with Gasteiger partial charge in [0.25, 0.3) is 0 Å². The Balaban J connectivity index is 2.08. The Bertz CT molecular complexity index is 1380. The number of hydrogen-bond acceptors (Lipinski definition) is 3. The molecule has 0 spiro atoms. The molecule has 164 valence electrons. The van der Waals surface area contributed by atoms with E-state index in [2.05, 4.69) is 0 Å². The summed E-state index contributed by atoms with van der Waals surface area (Å²) in [5.74, 6) is -0.233. The van der Waals surface area contributed by atoms with Gasteiger partial charge in [0.15, 0.2) is 5.78 Å². The summed E-state index contributed by atoms with van der Waals surface area (Å²) in [5, 5.41) is 0.723. The highest BCUT2D eigenvalue weighted by Gasteiger charge is 2.40. The first-order valence-corrected chi connectivity index (χ1v) is 12.5. The molecule has 1 atom stereocenters. The first kappa shape index (κ1) is 22.6. The van der Waals surface area contributed by atoms with Gasteiger partial charge in [0.2, 0.25) is 12.7 Å². The Hall–Kier alpha value is -3.55. The second-order valence-electron chi connectivity index (χ2n) is 8.15. The first-order chi connectivity index (χ1) is 15.9. The van der Waals surface area contributed by atoms with Crippen molar-refractivity contribution in [2.45, 2.75) is 20.8 Å². The summed E-state index contributed by atoms with van der Waals surface area (Å²) in [6.45, 7) is 5.73. The van der Waals surface area contributed by atoms with Crippen LogP contribution < -0.4 is 10.6 Å². The van der Waals surface area contributed by atoms with Crippen LogP contribution in [0.2, 0.25) is 0 Å². The van der Waals surface area contributed by atoms with Crippen molar-refractivity contribution in [1.29, 1.82) is 0 Å². The number of aryl methyl sites for hydroxylation is 1. The molecule has 1 unspecified atom stereocenters. The summed E-state index contributed by atoms with van der Waals surface area (Å²) in [6.07, 6.45) is 0. The molecule has 4 heteroatoms. The molecular weight excluding hydrogens is 427 g/mol. The van der Waals surface area contributed by atoms with Crippen molar-refractivity contribution in [3.63, 3.8) is 0 Å². The van der Waals surface area contributed by atoms with E-state index in [9.17, 15) is 14.2 Å². The molecule has 4 aromatic carbocycles. The molecule has 4 rings (SSSR count). The average molecular weight is 452 g/mol. The van der Waals surface area contributed by atoms with Crippen LogP contribution in [0.15, 0.2) is 97.1 Å². The van der Waals surface area contributed by atoms with Crippen molar-refractivity contribution in [2.75, 3.05) is 0 Å². The monoisotopic (exact) mass is 452 g/mol. The van der Waals surface area contributed by atoms with Crippen LogP contribution in [0.5, 0.6) is 0 Å². The molecule has 3 nitrogen and oxygen atoms in total. The third kappa shape index (κ3) is 4.01. The van der Waals surface area contributed by atoms with E-state index in [1.54, 1.807) is 78.9 Å². The van der Waals surface area contributed by atoms with E-state index in [0.29, 0.717) is 27.3 Å². The summed E-state index contributed by atoms with van der Waals surface area (Å²) in [7, 11) is -3.88. The van der Waals surface area contributed by atoms with Crippen LogP contribution in [0, 0.1) is 20.8 Å². The van der Waals surface area contributed by atoms with Crippen molar-refractivity contribution < 1.29 is 14.2 Å². The van der Waals surface area contributed by atoms with Crippen molar-refractivity contribution in [3.05, 3.63) is 130 Å². The summed E-state index contributed by atoms with van der Waals surface area (Å²) < 4.78 is 15.0. The second kappa shape index (κ2) is 9.13. The average Bonchev–Trinajstić information content (AvgIpc) is 2.87. The van der Waals surface area contributed by atoms with Crippen molar-refractivity contribution >= 4 is 29.1 Å². The molecule has 0 radical (unpaired) electrons. The molecule has 0 heterocycles. The summed E-state index contributed by atoms with van der Waals surface area (Å²) in [4.78, 5) is 27.7. The maximum atomic E-state index is 15.0. The van der Waals surface area contributed by atoms with E-state index >= 15 is 0 Å². The van der Waals surface area contributed by atoms with Crippen LogP contribution in [0.3, 0.4) is 0 Å². The fourth-order valence-corrected chi connectivity index (χ4v) is 6.89. The molecule has 0 saturated heterocycles. The minimum Gasteiger partial charge on any atom is -0.305 e. The van der Waals surface area contributed by atoms with Crippen LogP contribution in [-0.4, -0.2) is 11.3 Å². The van der Waals surface area contributed by atoms with Gasteiger partial charge in [-0.2, -0.15) is 0 Å². The number of benzene rings is 4. The number of hydrogen-bond donors (Lipinski definition) is 0. The molecular formula is C29H25O3P. The van der Waals surface area contributed by atoms with Gasteiger partial charge >= 0.3 is 0 Å². The van der Waals surface area contributed by atoms with Gasteiger partial charge in [-0.05, 0) is 43.5 Å². The zero-order valence-electron chi connectivity index (χ0n) is 18.9. The van der Waals surface area contributed by atoms with Crippen LogP contribution in [0.1, 0.15) is 43.0 Å². The van der Waals surface area contributed by atoms with Crippen LogP contribution >= 0.6 is 7.14 Å². The predicted octanol–water partition coefficient (Wildman–Crippen LogP) is 6.00. The molecule has 33 heavy (non-hydrogen) atoms. The van der Waals surface area contributed by atoms with Crippen molar-refractivity contribution in [1.82, 2.24) is 0 Å². The van der Waals surface area contributed by atoms with Crippen molar-refractivity contribution in [2.24, 2.45) is 0 Å². The molecule has 0 aromatic heterocycles. The van der Waals surface area contributed by atoms with Crippen LogP contribution in [-0.2, 0) is 4.57 Å². The Labute approximate surface area is 194 Å². The van der Waals surface area contributed by atoms with Crippen LogP contribution in [0.4, 0.5) is 0 Å². The molecule has 4 aromatic rings. The minimum absolute atomic E-state index is 0.233. The van der Waals surface area contributed by atoms with Crippen molar-refractivity contribution in [3.8, 4) is 0 Å². The number of ketones is 1. The van der Waals surface area contributed by atoms with Gasteiger partial charge in [0.1, 0.15) is 0 Å². The Kier molecular flexibility index (Phi) is 6.26. The zero-order chi connectivity index (χ0) is 23.6. The number of carbonyl (C=O) groups is 2. The SMILES string of the molecule is Cc1cc(P(=O)(C(=O)c2ccccc2)c2ccccc2)c(C(=O)c2ccccc2)c(C)c1C. The molecule has 0 N–H and O–H groups in total. The van der Waals surface area contributed by atoms with Gasteiger partial charge in [0, 0.05) is 27.3 Å². The smallest absolute Gasteiger partial charge is 0.230 e. The Morgan fingerprint density at radius 2 is 1.12 bits per heavy atom. The minimum atomic E-state index is -3.88. The third-order valence-electron chi connectivity index (χ3n) is 6.17. The lowest BCUT2D eigenvalue weighted by atomic mass is 9.93. The highest BCUT2D eigenvalue weighted by molar-refractivity contribution is 7.93. The molecule has 0 aliphatic heterocycles. The summed E-state index contributed by atoms with van der Waals surface area (Å²) >= 11 is 0. The Morgan fingerprint density at radius 1 is 0.636 bits per heavy atom. The molecule has 0 amide bonds. The normalized spacial score (nSPS) is 12.7. The summed E-state index contributed by atoms with van der Waals surface area (Å²) in [5.41, 5.74) is 3.32. The van der Waals surface area contributed by atoms with Gasteiger partial charge in [-0.3, -0.25) is 9.59 Å². The van der Waals surface area contributed by atoms with Gasteiger partial charge in [-0.1, -0.05) is 91.0 Å². The van der Waals surface area contributed by atoms with Gasteiger partial charge in [-0.15, -0.1) is 0 Å². The molecule has 0 aliphatic carbocycles. The lowest BCUT2D eigenvalue weighted by Crippen LogP contribution is -2.29. The maximum absolute atomic E-state index is 15.0. The zero-order valence-corrected chi connectivity index (χ0v) is 19.8. The highest BCUT2D eigenvalue weighted by atomic mass is 31.2. The van der Waals surface area contributed by atoms with E-state index in [-0.39, 0.29) is 5.78 Å². The third-order valence-corrected chi connectivity index (χ3v) is 9.05. The second-order valence-corrected chi connectivity index (χ2v) is 10.8. The molecule has 0 bridgehead atoms. The number of carbonyl (C=O) groups excluding carboxylic acids is 2. The lowest BCUT2D eigenvalue weighted by molar-refractivity contribution is 0.103. The van der Waals surface area contributed by atoms with Crippen LogP contribution in [0.25, 0.3) is 0 Å². The maximum Gasteiger partial charge on any atom is 0.230 e. The fraction of sp³-hybridized carbons (Fsp3) is 0.103. The van der Waals surface area contributed by atoms with Gasteiger partial charge in [-0.25, -0.2) is 0 Å². The standard InChI is InChI=1S/C29H25O3P/c1-20-19-26(27(22(3)21(20)2)28(30)23-13-7-4-8-14-23)33(32,25-17-11-6-12-18-25)29(31)24-15-9-5-10-16-24/h4-19H,1-3H3. The van der Waals surface area contributed by atoms with E-state index in [1.165, 1.54) is 0 Å². The highest BCUT2D eigenvalue weighted by Crippen LogP contribution is 2.48. The van der Waals surface area contributed by atoms with Gasteiger partial charge in [0.05, 0.1) is 0 Å². The number of rotatable bonds is 6. The first-order valence-electron chi connectivity index (χ1n) is 10.8. The van der Waals surface area contributed by atoms with E-state index < -0.39 is 12.7 Å². The predicted molar refractivity (Wildman–Crippen MR) is 135 cm³/mol. The van der Waals surface area contributed by atoms with Gasteiger partial charge < -0.3 is 4.57 Å². The Morgan fingerprint density at radius 3 is 1.67 bits per heavy atom. The quantitative estimate of drug-likeness (QED) is 0.266. The molecule has 0 fully saturated rings. The fourth-order valence-electron chi connectivity index (χ4n) is 4.10. The molecule has 0 saturated carbocycles. The lowest BCUT2D eigenvalue weighted by Gasteiger charge is -2.24. The van der Waals surface area contributed by atoms with E-state index in [0.717, 1.165) is 16.7 Å². The summed E-state index contributed by atoms with van der Waals surface area (Å²) in [6, 6.07) is 28.2. The van der Waals surface area contributed by atoms with E-state index in [4.69, 9.17) is 0 Å².